The Kier molecular flexibility index (Phi) is 10.7. The number of anilines is 1. The van der Waals surface area contributed by atoms with Gasteiger partial charge in [0, 0.05) is 37.7 Å². The average Bonchev–Trinajstić information content (AvgIpc) is 2.54. The van der Waals surface area contributed by atoms with Crippen LogP contribution in [0, 0.1) is 0 Å². The third-order valence-corrected chi connectivity index (χ3v) is 2.90. The number of hydrogen-bond acceptors (Lipinski definition) is 6. The SMILES string of the molecule is COC(CN)CC(=O)Nc1cccc(Oc2cccnn2)c1.Cl.Cl. The van der Waals surface area contributed by atoms with Gasteiger partial charge in [0.2, 0.25) is 11.8 Å². The average molecular weight is 375 g/mol. The Morgan fingerprint density at radius 1 is 1.29 bits per heavy atom. The van der Waals surface area contributed by atoms with Gasteiger partial charge in [-0.25, -0.2) is 0 Å². The van der Waals surface area contributed by atoms with E-state index in [1.807, 2.05) is 0 Å². The molecule has 1 aromatic heterocycles. The number of hydrogen-bond donors (Lipinski definition) is 2. The number of methoxy groups -OCH3 is 1. The third kappa shape index (κ3) is 7.10. The zero-order valence-corrected chi connectivity index (χ0v) is 14.7. The summed E-state index contributed by atoms with van der Waals surface area (Å²) >= 11 is 0. The molecular weight excluding hydrogens is 355 g/mol. The molecule has 132 valence electrons. The first-order valence-corrected chi connectivity index (χ1v) is 6.79. The van der Waals surface area contributed by atoms with Crippen LogP contribution in [-0.2, 0) is 9.53 Å². The number of carbonyl (C=O) groups excluding carboxylic acids is 1. The third-order valence-electron chi connectivity index (χ3n) is 2.90. The smallest absolute Gasteiger partial charge is 0.238 e. The van der Waals surface area contributed by atoms with Gasteiger partial charge in [-0.2, -0.15) is 5.10 Å². The maximum atomic E-state index is 11.9. The molecule has 9 heteroatoms. The van der Waals surface area contributed by atoms with Crippen LogP contribution in [0.5, 0.6) is 11.6 Å². The van der Waals surface area contributed by atoms with Crippen molar-refractivity contribution in [1.29, 1.82) is 0 Å². The number of carbonyl (C=O) groups is 1. The number of nitrogens with one attached hydrogen (secondary N) is 1. The molecule has 0 bridgehead atoms. The molecule has 0 fully saturated rings. The van der Waals surface area contributed by atoms with Gasteiger partial charge < -0.3 is 20.5 Å². The van der Waals surface area contributed by atoms with Crippen molar-refractivity contribution in [3.05, 3.63) is 42.6 Å². The van der Waals surface area contributed by atoms with E-state index >= 15 is 0 Å². The molecule has 0 spiro atoms. The summed E-state index contributed by atoms with van der Waals surface area (Å²) in [7, 11) is 1.53. The van der Waals surface area contributed by atoms with Crippen molar-refractivity contribution in [2.75, 3.05) is 19.0 Å². The summed E-state index contributed by atoms with van der Waals surface area (Å²) in [5.41, 5.74) is 6.12. The van der Waals surface area contributed by atoms with Gasteiger partial charge in [0.1, 0.15) is 5.75 Å². The Morgan fingerprint density at radius 3 is 2.71 bits per heavy atom. The van der Waals surface area contributed by atoms with Crippen molar-refractivity contribution < 1.29 is 14.3 Å². The van der Waals surface area contributed by atoms with Crippen molar-refractivity contribution in [1.82, 2.24) is 10.2 Å². The normalized spacial score (nSPS) is 10.8. The molecule has 1 unspecified atom stereocenters. The first-order chi connectivity index (χ1) is 10.7. The second-order valence-electron chi connectivity index (χ2n) is 4.54. The number of aromatic nitrogens is 2. The highest BCUT2D eigenvalue weighted by Gasteiger charge is 2.11. The van der Waals surface area contributed by atoms with Crippen molar-refractivity contribution in [2.45, 2.75) is 12.5 Å². The van der Waals surface area contributed by atoms with Crippen molar-refractivity contribution >= 4 is 36.4 Å². The summed E-state index contributed by atoms with van der Waals surface area (Å²) < 4.78 is 10.6. The van der Waals surface area contributed by atoms with Crippen LogP contribution in [0.3, 0.4) is 0 Å². The monoisotopic (exact) mass is 374 g/mol. The minimum Gasteiger partial charge on any atom is -0.437 e. The molecule has 0 aliphatic carbocycles. The highest BCUT2D eigenvalue weighted by Crippen LogP contribution is 2.22. The molecule has 1 amide bonds. The lowest BCUT2D eigenvalue weighted by atomic mass is 10.2. The van der Waals surface area contributed by atoms with Crippen LogP contribution in [0.1, 0.15) is 6.42 Å². The molecule has 0 saturated carbocycles. The lowest BCUT2D eigenvalue weighted by molar-refractivity contribution is -0.118. The molecule has 0 radical (unpaired) electrons. The van der Waals surface area contributed by atoms with Gasteiger partial charge in [-0.05, 0) is 18.2 Å². The summed E-state index contributed by atoms with van der Waals surface area (Å²) in [4.78, 5) is 11.9. The fraction of sp³-hybridized carbons (Fsp3) is 0.267. The number of nitrogens with zero attached hydrogens (tertiary/aromatic N) is 2. The Hall–Kier alpha value is -1.93. The minimum absolute atomic E-state index is 0. The summed E-state index contributed by atoms with van der Waals surface area (Å²) in [5, 5.41) is 10.3. The molecule has 1 heterocycles. The quantitative estimate of drug-likeness (QED) is 0.771. The lowest BCUT2D eigenvalue weighted by Crippen LogP contribution is -2.28. The zero-order chi connectivity index (χ0) is 15.8. The predicted octanol–water partition coefficient (Wildman–Crippen LogP) is 2.41. The van der Waals surface area contributed by atoms with E-state index in [0.29, 0.717) is 23.9 Å². The minimum atomic E-state index is -0.293. The lowest BCUT2D eigenvalue weighted by Gasteiger charge is -2.13. The Labute approximate surface area is 152 Å². The molecule has 24 heavy (non-hydrogen) atoms. The molecule has 7 nitrogen and oxygen atoms in total. The molecule has 1 atom stereocenters. The van der Waals surface area contributed by atoms with Crippen LogP contribution < -0.4 is 15.8 Å². The zero-order valence-electron chi connectivity index (χ0n) is 13.0. The summed E-state index contributed by atoms with van der Waals surface area (Å²) in [6, 6.07) is 10.4. The molecule has 2 aromatic rings. The predicted molar refractivity (Wildman–Crippen MR) is 96.1 cm³/mol. The molecule has 0 aliphatic rings. The van der Waals surface area contributed by atoms with E-state index in [4.69, 9.17) is 15.2 Å². The number of benzene rings is 1. The number of amides is 1. The van der Waals surface area contributed by atoms with Crippen molar-refractivity contribution in [2.24, 2.45) is 5.73 Å². The Bertz CT molecular complexity index is 613. The Balaban J connectivity index is 0.00000264. The van der Waals surface area contributed by atoms with Gasteiger partial charge in [0.15, 0.2) is 0 Å². The van der Waals surface area contributed by atoms with Gasteiger partial charge in [0.25, 0.3) is 0 Å². The van der Waals surface area contributed by atoms with Crippen molar-refractivity contribution in [3.63, 3.8) is 0 Å². The van der Waals surface area contributed by atoms with Crippen molar-refractivity contribution in [3.8, 4) is 11.6 Å². The fourth-order valence-corrected chi connectivity index (χ4v) is 1.78. The molecule has 2 rings (SSSR count). The van der Waals surface area contributed by atoms with E-state index < -0.39 is 0 Å². The van der Waals surface area contributed by atoms with E-state index in [1.165, 1.54) is 7.11 Å². The molecular formula is C15H20Cl2N4O3. The van der Waals surface area contributed by atoms with E-state index in [2.05, 4.69) is 15.5 Å². The number of halogens is 2. The van der Waals surface area contributed by atoms with Gasteiger partial charge in [-0.15, -0.1) is 29.9 Å². The summed E-state index contributed by atoms with van der Waals surface area (Å²) in [6.45, 7) is 0.291. The first kappa shape index (κ1) is 22.1. The molecule has 3 N–H and O–H groups in total. The fourth-order valence-electron chi connectivity index (χ4n) is 1.78. The van der Waals surface area contributed by atoms with Crippen LogP contribution in [0.25, 0.3) is 0 Å². The number of rotatable bonds is 7. The second-order valence-corrected chi connectivity index (χ2v) is 4.54. The van der Waals surface area contributed by atoms with Gasteiger partial charge in [-0.3, -0.25) is 4.79 Å². The standard InChI is InChI=1S/C15H18N4O3.2ClH/c1-21-13(10-16)9-14(20)18-11-4-2-5-12(8-11)22-15-6-3-7-17-19-15;;/h2-8,13H,9-10,16H2,1H3,(H,18,20);2*1H. The topological polar surface area (TPSA) is 99.4 Å². The summed E-state index contributed by atoms with van der Waals surface area (Å²) in [5.74, 6) is 0.767. The molecule has 0 aliphatic heterocycles. The maximum absolute atomic E-state index is 11.9. The maximum Gasteiger partial charge on any atom is 0.238 e. The molecule has 1 aromatic carbocycles. The van der Waals surface area contributed by atoms with Crippen LogP contribution in [0.2, 0.25) is 0 Å². The van der Waals surface area contributed by atoms with Crippen LogP contribution >= 0.6 is 24.8 Å². The van der Waals surface area contributed by atoms with Gasteiger partial charge >= 0.3 is 0 Å². The number of ether oxygens (including phenoxy) is 2. The largest absolute Gasteiger partial charge is 0.437 e. The van der Waals surface area contributed by atoms with E-state index in [-0.39, 0.29) is 43.2 Å². The molecule has 0 saturated heterocycles. The Morgan fingerprint density at radius 2 is 2.08 bits per heavy atom. The first-order valence-electron chi connectivity index (χ1n) is 6.79. The van der Waals surface area contributed by atoms with E-state index in [9.17, 15) is 4.79 Å². The van der Waals surface area contributed by atoms with E-state index in [1.54, 1.807) is 42.6 Å². The highest BCUT2D eigenvalue weighted by atomic mass is 35.5. The van der Waals surface area contributed by atoms with Crippen LogP contribution in [-0.4, -0.2) is 35.9 Å². The summed E-state index contributed by atoms with van der Waals surface area (Å²) in [6.07, 6.45) is 1.47. The van der Waals surface area contributed by atoms with Crippen LogP contribution in [0.15, 0.2) is 42.6 Å². The number of nitrogens with two attached hydrogens (primary N) is 1. The van der Waals surface area contributed by atoms with Gasteiger partial charge in [-0.1, -0.05) is 6.07 Å². The van der Waals surface area contributed by atoms with E-state index in [0.717, 1.165) is 0 Å². The highest BCUT2D eigenvalue weighted by molar-refractivity contribution is 5.91. The second kappa shape index (κ2) is 11.6. The van der Waals surface area contributed by atoms with Crippen LogP contribution in [0.4, 0.5) is 5.69 Å². The van der Waals surface area contributed by atoms with Gasteiger partial charge in [0.05, 0.1) is 12.5 Å².